The molecular formula is C32H41FN2O2. The van der Waals surface area contributed by atoms with E-state index in [4.69, 9.17) is 15.2 Å². The smallest absolute Gasteiger partial charge is 0.119 e. The first-order chi connectivity index (χ1) is 17.9. The fourth-order valence-electron chi connectivity index (χ4n) is 5.64. The highest BCUT2D eigenvalue weighted by molar-refractivity contribution is 6.00. The van der Waals surface area contributed by atoms with E-state index in [9.17, 15) is 4.39 Å². The van der Waals surface area contributed by atoms with E-state index in [0.29, 0.717) is 6.42 Å². The lowest BCUT2D eigenvalue weighted by molar-refractivity contribution is 0.121. The second-order valence-electron chi connectivity index (χ2n) is 10.3. The van der Waals surface area contributed by atoms with E-state index in [1.165, 1.54) is 39.0 Å². The molecule has 1 fully saturated rings. The highest BCUT2D eigenvalue weighted by Crippen LogP contribution is 2.41. The standard InChI is InChI=1S/C32H41FN2O2/c1-22(9-10-24(3)37-28-15-18-35(21-28)17-6-16-33)32-30-13-11-26(34)20-25(30)7-5-8-31(32)29-14-12-27(36-4)19-23(29)2/h9-14,19-20,28H,5-8,15-18,21,34H2,1-4H3/b22-9+,24-10+. The summed E-state index contributed by atoms with van der Waals surface area (Å²) in [5.74, 6) is 1.79. The molecule has 1 saturated heterocycles. The molecule has 5 heteroatoms. The van der Waals surface area contributed by atoms with Crippen molar-refractivity contribution in [3.63, 3.8) is 0 Å². The van der Waals surface area contributed by atoms with Gasteiger partial charge in [-0.1, -0.05) is 18.2 Å². The number of hydrogen-bond acceptors (Lipinski definition) is 4. The number of nitrogen functional groups attached to an aromatic ring is 1. The van der Waals surface area contributed by atoms with Crippen LogP contribution in [0.15, 0.2) is 59.9 Å². The van der Waals surface area contributed by atoms with Crippen molar-refractivity contribution in [3.8, 4) is 5.75 Å². The van der Waals surface area contributed by atoms with Crippen LogP contribution in [0.1, 0.15) is 61.8 Å². The Morgan fingerprint density at radius 1 is 1.11 bits per heavy atom. The topological polar surface area (TPSA) is 47.7 Å². The third-order valence-corrected chi connectivity index (χ3v) is 7.48. The average Bonchev–Trinajstić information content (AvgIpc) is 3.24. The van der Waals surface area contributed by atoms with Crippen molar-refractivity contribution in [2.24, 2.45) is 0 Å². The highest BCUT2D eigenvalue weighted by Gasteiger charge is 2.24. The van der Waals surface area contributed by atoms with Crippen LogP contribution in [0.4, 0.5) is 10.1 Å². The Bertz CT molecular complexity index is 1200. The number of nitrogens with zero attached hydrogens (tertiary/aromatic N) is 1. The maximum absolute atomic E-state index is 12.5. The highest BCUT2D eigenvalue weighted by atomic mass is 19.1. The van der Waals surface area contributed by atoms with Gasteiger partial charge in [-0.05, 0) is 122 Å². The number of hydrogen-bond donors (Lipinski definition) is 1. The summed E-state index contributed by atoms with van der Waals surface area (Å²) in [6.07, 6.45) is 9.11. The van der Waals surface area contributed by atoms with Crippen LogP contribution in [0, 0.1) is 6.92 Å². The number of aryl methyl sites for hydroxylation is 2. The summed E-state index contributed by atoms with van der Waals surface area (Å²) in [7, 11) is 1.71. The quantitative estimate of drug-likeness (QED) is 0.224. The molecule has 1 unspecified atom stereocenters. The molecule has 0 radical (unpaired) electrons. The molecule has 198 valence electrons. The van der Waals surface area contributed by atoms with Crippen molar-refractivity contribution in [2.45, 2.75) is 59.0 Å². The third-order valence-electron chi connectivity index (χ3n) is 7.48. The normalized spacial score (nSPS) is 19.1. The lowest BCUT2D eigenvalue weighted by Crippen LogP contribution is -2.24. The second kappa shape index (κ2) is 12.5. The van der Waals surface area contributed by atoms with E-state index in [2.05, 4.69) is 61.2 Å². The van der Waals surface area contributed by atoms with Gasteiger partial charge in [-0.25, -0.2) is 0 Å². The fourth-order valence-corrected chi connectivity index (χ4v) is 5.64. The molecule has 1 heterocycles. The molecule has 4 nitrogen and oxygen atoms in total. The van der Waals surface area contributed by atoms with Crippen molar-refractivity contribution in [1.82, 2.24) is 4.90 Å². The van der Waals surface area contributed by atoms with Gasteiger partial charge in [0.25, 0.3) is 0 Å². The third kappa shape index (κ3) is 6.64. The number of benzene rings is 2. The average molecular weight is 505 g/mol. The van der Waals surface area contributed by atoms with Gasteiger partial charge in [0.05, 0.1) is 19.5 Å². The van der Waals surface area contributed by atoms with Gasteiger partial charge in [-0.2, -0.15) is 0 Å². The summed E-state index contributed by atoms with van der Waals surface area (Å²) < 4.78 is 24.3. The number of anilines is 1. The summed E-state index contributed by atoms with van der Waals surface area (Å²) in [5.41, 5.74) is 15.9. The fraction of sp³-hybridized carbons (Fsp3) is 0.438. The zero-order valence-corrected chi connectivity index (χ0v) is 22.8. The van der Waals surface area contributed by atoms with E-state index in [0.717, 1.165) is 62.5 Å². The Labute approximate surface area is 221 Å². The summed E-state index contributed by atoms with van der Waals surface area (Å²) in [4.78, 5) is 2.29. The predicted octanol–water partition coefficient (Wildman–Crippen LogP) is 7.13. The molecule has 2 aliphatic rings. The van der Waals surface area contributed by atoms with Gasteiger partial charge in [0.2, 0.25) is 0 Å². The predicted molar refractivity (Wildman–Crippen MR) is 152 cm³/mol. The largest absolute Gasteiger partial charge is 0.497 e. The van der Waals surface area contributed by atoms with Crippen molar-refractivity contribution >= 4 is 16.8 Å². The Morgan fingerprint density at radius 2 is 1.92 bits per heavy atom. The van der Waals surface area contributed by atoms with Crippen LogP contribution >= 0.6 is 0 Å². The molecule has 0 aromatic heterocycles. The zero-order chi connectivity index (χ0) is 26.4. The van der Waals surface area contributed by atoms with E-state index in [1.807, 2.05) is 13.0 Å². The molecule has 37 heavy (non-hydrogen) atoms. The molecule has 2 N–H and O–H groups in total. The number of likely N-dealkylation sites (tertiary alicyclic amines) is 1. The van der Waals surface area contributed by atoms with Crippen LogP contribution in [0.3, 0.4) is 0 Å². The minimum atomic E-state index is -0.255. The molecule has 4 rings (SSSR count). The number of alkyl halides is 1. The molecular weight excluding hydrogens is 463 g/mol. The number of nitrogens with two attached hydrogens (primary N) is 1. The molecule has 2 aromatic rings. The Hall–Kier alpha value is -3.05. The first-order valence-electron chi connectivity index (χ1n) is 13.5. The Kier molecular flexibility index (Phi) is 9.09. The van der Waals surface area contributed by atoms with Crippen molar-refractivity contribution in [1.29, 1.82) is 0 Å². The first kappa shape index (κ1) is 27.0. The molecule has 1 atom stereocenters. The van der Waals surface area contributed by atoms with Gasteiger partial charge in [0, 0.05) is 25.3 Å². The maximum atomic E-state index is 12.5. The van der Waals surface area contributed by atoms with Gasteiger partial charge in [0.1, 0.15) is 11.9 Å². The van der Waals surface area contributed by atoms with Crippen LogP contribution in [-0.4, -0.2) is 44.4 Å². The SMILES string of the molecule is COc1ccc(C2=C(/C(C)=C/C=C(\C)OC3CCN(CCCF)C3)c3ccc(N)cc3CCC2)c(C)c1. The summed E-state index contributed by atoms with van der Waals surface area (Å²) in [6.45, 7) is 8.78. The van der Waals surface area contributed by atoms with Crippen LogP contribution < -0.4 is 10.5 Å². The number of allylic oxidation sites excluding steroid dienone is 6. The van der Waals surface area contributed by atoms with Crippen molar-refractivity contribution < 1.29 is 13.9 Å². The Morgan fingerprint density at radius 3 is 2.68 bits per heavy atom. The van der Waals surface area contributed by atoms with Gasteiger partial charge in [-0.15, -0.1) is 0 Å². The second-order valence-corrected chi connectivity index (χ2v) is 10.3. The monoisotopic (exact) mass is 504 g/mol. The summed E-state index contributed by atoms with van der Waals surface area (Å²) in [5, 5.41) is 0. The van der Waals surface area contributed by atoms with Gasteiger partial charge in [0.15, 0.2) is 0 Å². The number of methoxy groups -OCH3 is 1. The first-order valence-corrected chi connectivity index (χ1v) is 13.5. The van der Waals surface area contributed by atoms with Gasteiger partial charge in [-0.3, -0.25) is 9.29 Å². The van der Waals surface area contributed by atoms with E-state index in [1.54, 1.807) is 7.11 Å². The number of rotatable bonds is 9. The number of ether oxygens (including phenoxy) is 2. The molecule has 1 aliphatic heterocycles. The van der Waals surface area contributed by atoms with Crippen LogP contribution in [-0.2, 0) is 11.2 Å². The molecule has 0 bridgehead atoms. The van der Waals surface area contributed by atoms with Crippen LogP contribution in [0.5, 0.6) is 5.75 Å². The molecule has 2 aromatic carbocycles. The van der Waals surface area contributed by atoms with E-state index >= 15 is 0 Å². The molecule has 0 spiro atoms. The minimum absolute atomic E-state index is 0.169. The summed E-state index contributed by atoms with van der Waals surface area (Å²) >= 11 is 0. The lowest BCUT2D eigenvalue weighted by atomic mass is 9.86. The van der Waals surface area contributed by atoms with Crippen LogP contribution in [0.25, 0.3) is 11.1 Å². The minimum Gasteiger partial charge on any atom is -0.497 e. The van der Waals surface area contributed by atoms with Crippen LogP contribution in [0.2, 0.25) is 0 Å². The number of halogens is 1. The molecule has 0 amide bonds. The van der Waals surface area contributed by atoms with Gasteiger partial charge >= 0.3 is 0 Å². The maximum Gasteiger partial charge on any atom is 0.119 e. The summed E-state index contributed by atoms with van der Waals surface area (Å²) in [6, 6.07) is 12.7. The molecule has 1 aliphatic carbocycles. The van der Waals surface area contributed by atoms with E-state index in [-0.39, 0.29) is 12.8 Å². The Balaban J connectivity index is 1.67. The number of fused-ring (bicyclic) bond motifs is 1. The van der Waals surface area contributed by atoms with Crippen molar-refractivity contribution in [3.05, 3.63) is 82.1 Å². The molecule has 0 saturated carbocycles. The lowest BCUT2D eigenvalue weighted by Gasteiger charge is -2.19. The van der Waals surface area contributed by atoms with Gasteiger partial charge < -0.3 is 15.2 Å². The van der Waals surface area contributed by atoms with Crippen molar-refractivity contribution in [2.75, 3.05) is 39.2 Å². The van der Waals surface area contributed by atoms with E-state index < -0.39 is 0 Å². The zero-order valence-electron chi connectivity index (χ0n) is 22.8.